The standard InChI is InChI=1S/C20H26N2O2/c1-19(2)18(23)21(22(19)16-6-4-3-5-7-16)17-14-8-13-9-15(17)12-20(24,10-13)11-14/h3-7,13-15,17,24H,8-12H2,1-2H3. The first kappa shape index (κ1) is 14.8. The van der Waals surface area contributed by atoms with E-state index in [9.17, 15) is 9.90 Å². The van der Waals surface area contributed by atoms with Gasteiger partial charge in [0.15, 0.2) is 0 Å². The van der Waals surface area contributed by atoms with Gasteiger partial charge in [-0.3, -0.25) is 9.80 Å². The predicted octanol–water partition coefficient (Wildman–Crippen LogP) is 2.97. The van der Waals surface area contributed by atoms with Gasteiger partial charge in [-0.25, -0.2) is 5.01 Å². The molecule has 5 aliphatic rings. The maximum Gasteiger partial charge on any atom is 0.268 e. The van der Waals surface area contributed by atoms with Gasteiger partial charge in [-0.2, -0.15) is 0 Å². The Hall–Kier alpha value is -1.55. The first-order valence-electron chi connectivity index (χ1n) is 9.30. The summed E-state index contributed by atoms with van der Waals surface area (Å²) >= 11 is 0. The molecule has 24 heavy (non-hydrogen) atoms. The fourth-order valence-electron chi connectivity index (χ4n) is 6.33. The highest BCUT2D eigenvalue weighted by molar-refractivity contribution is 5.97. The van der Waals surface area contributed by atoms with Crippen LogP contribution in [0, 0.1) is 17.8 Å². The number of nitrogens with zero attached hydrogens (tertiary/aromatic N) is 2. The summed E-state index contributed by atoms with van der Waals surface area (Å²) in [7, 11) is 0. The molecule has 2 atom stereocenters. The van der Waals surface area contributed by atoms with Gasteiger partial charge in [-0.1, -0.05) is 18.2 Å². The van der Waals surface area contributed by atoms with E-state index in [2.05, 4.69) is 17.1 Å². The normalized spacial score (nSPS) is 42.4. The first-order valence-corrected chi connectivity index (χ1v) is 9.30. The maximum atomic E-state index is 13.0. The lowest BCUT2D eigenvalue weighted by Gasteiger charge is -2.67. The van der Waals surface area contributed by atoms with Crippen molar-refractivity contribution >= 4 is 11.6 Å². The van der Waals surface area contributed by atoms with Crippen molar-refractivity contribution in [2.75, 3.05) is 5.01 Å². The lowest BCUT2D eigenvalue weighted by atomic mass is 9.52. The van der Waals surface area contributed by atoms with Crippen LogP contribution in [0.25, 0.3) is 0 Å². The summed E-state index contributed by atoms with van der Waals surface area (Å²) in [6, 6.07) is 10.5. The van der Waals surface area contributed by atoms with E-state index in [1.54, 1.807) is 0 Å². The third-order valence-electron chi connectivity index (χ3n) is 6.95. The molecule has 4 bridgehead atoms. The zero-order valence-corrected chi connectivity index (χ0v) is 14.5. The molecule has 4 aliphatic carbocycles. The molecule has 4 heteroatoms. The van der Waals surface area contributed by atoms with Crippen molar-refractivity contribution in [3.05, 3.63) is 30.3 Å². The molecular weight excluding hydrogens is 300 g/mol. The van der Waals surface area contributed by atoms with Gasteiger partial charge in [0.05, 0.1) is 17.3 Å². The Morgan fingerprint density at radius 1 is 1.04 bits per heavy atom. The summed E-state index contributed by atoms with van der Waals surface area (Å²) in [4.78, 5) is 13.0. The fourth-order valence-corrected chi connectivity index (χ4v) is 6.33. The van der Waals surface area contributed by atoms with E-state index in [0.717, 1.165) is 24.9 Å². The average Bonchev–Trinajstić information content (AvgIpc) is 2.52. The van der Waals surface area contributed by atoms with E-state index in [-0.39, 0.29) is 11.9 Å². The first-order chi connectivity index (χ1) is 11.4. The molecule has 1 heterocycles. The highest BCUT2D eigenvalue weighted by Crippen LogP contribution is 2.58. The number of carbonyl (C=O) groups excluding carboxylic acids is 1. The molecule has 6 rings (SSSR count). The lowest BCUT2D eigenvalue weighted by Crippen LogP contribution is -2.80. The van der Waals surface area contributed by atoms with Crippen LogP contribution in [0.5, 0.6) is 0 Å². The van der Waals surface area contributed by atoms with Gasteiger partial charge < -0.3 is 5.11 Å². The Balaban J connectivity index is 1.51. The molecule has 4 saturated carbocycles. The second kappa shape index (κ2) is 4.54. The molecule has 1 amide bonds. The minimum atomic E-state index is -0.479. The Morgan fingerprint density at radius 2 is 1.67 bits per heavy atom. The fraction of sp³-hybridized carbons (Fsp3) is 0.650. The molecule has 128 valence electrons. The Morgan fingerprint density at radius 3 is 2.25 bits per heavy atom. The van der Waals surface area contributed by atoms with Crippen LogP contribution in [-0.4, -0.2) is 33.2 Å². The topological polar surface area (TPSA) is 43.8 Å². The van der Waals surface area contributed by atoms with Gasteiger partial charge in [0.2, 0.25) is 0 Å². The van der Waals surface area contributed by atoms with E-state index < -0.39 is 11.1 Å². The summed E-state index contributed by atoms with van der Waals surface area (Å²) < 4.78 is 0. The molecule has 0 aromatic heterocycles. The lowest BCUT2D eigenvalue weighted by molar-refractivity contribution is -0.190. The van der Waals surface area contributed by atoms with Crippen molar-refractivity contribution in [3.63, 3.8) is 0 Å². The monoisotopic (exact) mass is 326 g/mol. The summed E-state index contributed by atoms with van der Waals surface area (Å²) in [6.07, 6.45) is 5.08. The molecule has 4 nitrogen and oxygen atoms in total. The molecule has 1 aromatic carbocycles. The summed E-state index contributed by atoms with van der Waals surface area (Å²) in [5, 5.41) is 15.1. The largest absolute Gasteiger partial charge is 0.390 e. The number of benzene rings is 1. The number of rotatable bonds is 2. The molecule has 1 saturated heterocycles. The third kappa shape index (κ3) is 1.81. The van der Waals surface area contributed by atoms with Crippen molar-refractivity contribution in [2.24, 2.45) is 17.8 Å². The number of hydrogen-bond acceptors (Lipinski definition) is 3. The maximum absolute atomic E-state index is 13.0. The van der Waals surface area contributed by atoms with Crippen LogP contribution in [-0.2, 0) is 4.79 Å². The van der Waals surface area contributed by atoms with Gasteiger partial charge in [0.1, 0.15) is 5.54 Å². The van der Waals surface area contributed by atoms with Crippen LogP contribution in [0.3, 0.4) is 0 Å². The molecule has 1 aromatic rings. The van der Waals surface area contributed by atoms with E-state index in [1.165, 1.54) is 12.8 Å². The molecular formula is C20H26N2O2. The number of amides is 1. The van der Waals surface area contributed by atoms with Crippen LogP contribution in [0.4, 0.5) is 5.69 Å². The molecule has 5 fully saturated rings. The van der Waals surface area contributed by atoms with Crippen molar-refractivity contribution < 1.29 is 9.90 Å². The van der Waals surface area contributed by atoms with Crippen LogP contribution in [0.15, 0.2) is 30.3 Å². The van der Waals surface area contributed by atoms with Crippen molar-refractivity contribution in [1.29, 1.82) is 0 Å². The van der Waals surface area contributed by atoms with Crippen molar-refractivity contribution in [1.82, 2.24) is 5.01 Å². The van der Waals surface area contributed by atoms with Gasteiger partial charge in [-0.15, -0.1) is 0 Å². The van der Waals surface area contributed by atoms with Crippen molar-refractivity contribution in [2.45, 2.75) is 63.1 Å². The Labute approximate surface area is 143 Å². The molecule has 1 aliphatic heterocycles. The number of hydrogen-bond donors (Lipinski definition) is 1. The molecule has 1 N–H and O–H groups in total. The average molecular weight is 326 g/mol. The predicted molar refractivity (Wildman–Crippen MR) is 92.1 cm³/mol. The van der Waals surface area contributed by atoms with Gasteiger partial charge >= 0.3 is 0 Å². The van der Waals surface area contributed by atoms with Crippen LogP contribution < -0.4 is 5.01 Å². The van der Waals surface area contributed by atoms with Crippen LogP contribution in [0.1, 0.15) is 46.0 Å². The second-order valence-corrected chi connectivity index (χ2v) is 9.04. The summed E-state index contributed by atoms with van der Waals surface area (Å²) in [6.45, 7) is 4.03. The number of carbonyl (C=O) groups is 1. The second-order valence-electron chi connectivity index (χ2n) is 9.04. The third-order valence-corrected chi connectivity index (χ3v) is 6.95. The highest BCUT2D eigenvalue weighted by atomic mass is 16.3. The number of para-hydroxylation sites is 1. The number of anilines is 1. The van der Waals surface area contributed by atoms with Gasteiger partial charge in [-0.05, 0) is 75.8 Å². The van der Waals surface area contributed by atoms with Gasteiger partial charge in [0.25, 0.3) is 5.91 Å². The van der Waals surface area contributed by atoms with Crippen LogP contribution >= 0.6 is 0 Å². The van der Waals surface area contributed by atoms with E-state index in [1.807, 2.05) is 37.1 Å². The smallest absolute Gasteiger partial charge is 0.268 e. The summed E-state index contributed by atoms with van der Waals surface area (Å²) in [5.41, 5.74) is 0.163. The summed E-state index contributed by atoms with van der Waals surface area (Å²) in [5.74, 6) is 1.80. The zero-order valence-electron chi connectivity index (χ0n) is 14.5. The Bertz CT molecular complexity index is 670. The number of hydrazine groups is 1. The molecule has 2 unspecified atom stereocenters. The minimum Gasteiger partial charge on any atom is -0.390 e. The van der Waals surface area contributed by atoms with Crippen molar-refractivity contribution in [3.8, 4) is 0 Å². The quantitative estimate of drug-likeness (QED) is 0.909. The Kier molecular flexibility index (Phi) is 2.79. The van der Waals surface area contributed by atoms with Gasteiger partial charge in [0, 0.05) is 0 Å². The zero-order chi connectivity index (χ0) is 16.7. The van der Waals surface area contributed by atoms with E-state index in [4.69, 9.17) is 0 Å². The molecule has 0 radical (unpaired) electrons. The van der Waals surface area contributed by atoms with Crippen LogP contribution in [0.2, 0.25) is 0 Å². The minimum absolute atomic E-state index is 0.232. The SMILES string of the molecule is CC1(C)C(=O)N(C2C3CC4CC2CC(O)(C4)C3)N1c1ccccc1. The van der Waals surface area contributed by atoms with E-state index >= 15 is 0 Å². The van der Waals surface area contributed by atoms with E-state index in [0.29, 0.717) is 17.8 Å². The highest BCUT2D eigenvalue weighted by Gasteiger charge is 2.63. The molecule has 0 spiro atoms. The number of aliphatic hydroxyl groups is 1.